The van der Waals surface area contributed by atoms with Crippen molar-refractivity contribution in [1.29, 1.82) is 0 Å². The Balaban J connectivity index is 2.57. The van der Waals surface area contributed by atoms with Crippen molar-refractivity contribution in [1.82, 2.24) is 0 Å². The third-order valence-electron chi connectivity index (χ3n) is 3.26. The fourth-order valence-electron chi connectivity index (χ4n) is 2.19. The average Bonchev–Trinajstić information content (AvgIpc) is 2.47. The molecule has 1 nitrogen and oxygen atoms in total. The van der Waals surface area contributed by atoms with Crippen molar-refractivity contribution in [2.75, 3.05) is 5.33 Å². The van der Waals surface area contributed by atoms with Gasteiger partial charge >= 0.3 is 0 Å². The Labute approximate surface area is 138 Å². The van der Waals surface area contributed by atoms with Gasteiger partial charge in [0.1, 0.15) is 5.16 Å². The molecule has 20 heavy (non-hydrogen) atoms. The predicted molar refractivity (Wildman–Crippen MR) is 89.7 cm³/mol. The zero-order chi connectivity index (χ0) is 14.6. The predicted octanol–water partition coefficient (Wildman–Crippen LogP) is 6.31. The van der Waals surface area contributed by atoms with Crippen LogP contribution in [0.2, 0.25) is 10.0 Å². The van der Waals surface area contributed by atoms with Gasteiger partial charge in [-0.05, 0) is 41.8 Å². The van der Waals surface area contributed by atoms with E-state index >= 15 is 0 Å². The first-order valence-corrected chi connectivity index (χ1v) is 8.74. The first-order chi connectivity index (χ1) is 9.62. The lowest BCUT2D eigenvalue weighted by Gasteiger charge is -2.27. The second kappa shape index (κ2) is 7.04. The monoisotopic (exact) mass is 388 g/mol. The smallest absolute Gasteiger partial charge is 0.171 e. The second-order valence-corrected chi connectivity index (χ2v) is 7.02. The number of alkyl halides is 1. The first-order valence-electron chi connectivity index (χ1n) is 6.05. The van der Waals surface area contributed by atoms with Gasteiger partial charge in [0.25, 0.3) is 0 Å². The van der Waals surface area contributed by atoms with E-state index in [0.717, 1.165) is 16.5 Å². The van der Waals surface area contributed by atoms with Crippen LogP contribution < -0.4 is 0 Å². The molecule has 2 rings (SSSR count). The summed E-state index contributed by atoms with van der Waals surface area (Å²) in [6, 6.07) is 15.0. The molecular formula is C15H12BrCl2OP. The van der Waals surface area contributed by atoms with Crippen LogP contribution in [-0.2, 0) is 9.72 Å². The molecule has 0 saturated heterocycles. The minimum atomic E-state index is -0.585. The normalized spacial score (nSPS) is 11.8. The summed E-state index contributed by atoms with van der Waals surface area (Å²) in [6.45, 7) is 0. The summed E-state index contributed by atoms with van der Waals surface area (Å²) in [5, 5.41) is 1.49. The maximum Gasteiger partial charge on any atom is 0.171 e. The number of halogens is 3. The van der Waals surface area contributed by atoms with Gasteiger partial charge in [0.05, 0.1) is 0 Å². The van der Waals surface area contributed by atoms with E-state index in [1.165, 1.54) is 0 Å². The molecule has 0 bridgehead atoms. The third-order valence-corrected chi connectivity index (χ3v) is 5.21. The number of hydrogen-bond acceptors (Lipinski definition) is 1. The first kappa shape index (κ1) is 16.0. The molecular weight excluding hydrogens is 378 g/mol. The summed E-state index contributed by atoms with van der Waals surface area (Å²) in [5.41, 5.74) is 1.95. The van der Waals surface area contributed by atoms with Gasteiger partial charge in [0.2, 0.25) is 0 Å². The number of hydrogen-bond donors (Lipinski definition) is 0. The SMILES string of the molecule is O=PC(CCBr)(c1ccc(Cl)cc1)c1ccc(Cl)cc1. The van der Waals surface area contributed by atoms with E-state index < -0.39 is 5.16 Å². The molecule has 0 aliphatic heterocycles. The van der Waals surface area contributed by atoms with E-state index in [4.69, 9.17) is 23.2 Å². The Morgan fingerprint density at radius 2 is 1.30 bits per heavy atom. The van der Waals surface area contributed by atoms with E-state index in [-0.39, 0.29) is 8.46 Å². The molecule has 0 atom stereocenters. The van der Waals surface area contributed by atoms with Gasteiger partial charge < -0.3 is 0 Å². The Kier molecular flexibility index (Phi) is 5.63. The molecule has 0 heterocycles. The Morgan fingerprint density at radius 1 is 0.900 bits per heavy atom. The lowest BCUT2D eigenvalue weighted by molar-refractivity contribution is 0.570. The summed E-state index contributed by atoms with van der Waals surface area (Å²) in [5.74, 6) is 0. The van der Waals surface area contributed by atoms with E-state index in [1.54, 1.807) is 0 Å². The van der Waals surface area contributed by atoms with Gasteiger partial charge in [-0.2, -0.15) is 0 Å². The molecule has 104 valence electrons. The summed E-state index contributed by atoms with van der Waals surface area (Å²) >= 11 is 15.3. The summed E-state index contributed by atoms with van der Waals surface area (Å²) in [6.07, 6.45) is 0.710. The van der Waals surface area contributed by atoms with Gasteiger partial charge in [0.15, 0.2) is 8.46 Å². The lowest BCUT2D eigenvalue weighted by Crippen LogP contribution is -2.21. The van der Waals surface area contributed by atoms with Crippen molar-refractivity contribution in [3.63, 3.8) is 0 Å². The van der Waals surface area contributed by atoms with Gasteiger partial charge in [-0.3, -0.25) is 4.57 Å². The highest BCUT2D eigenvalue weighted by Gasteiger charge is 2.34. The molecule has 0 N–H and O–H groups in total. The molecule has 0 fully saturated rings. The van der Waals surface area contributed by atoms with Crippen LogP contribution in [-0.4, -0.2) is 5.33 Å². The van der Waals surface area contributed by atoms with Crippen LogP contribution in [0.1, 0.15) is 17.5 Å². The van der Waals surface area contributed by atoms with E-state index in [9.17, 15) is 4.57 Å². The quantitative estimate of drug-likeness (QED) is 0.432. The molecule has 2 aromatic carbocycles. The van der Waals surface area contributed by atoms with Crippen molar-refractivity contribution >= 4 is 47.6 Å². The molecule has 5 heteroatoms. The molecule has 0 aliphatic carbocycles. The molecule has 0 saturated carbocycles. The van der Waals surface area contributed by atoms with E-state index in [2.05, 4.69) is 15.9 Å². The maximum atomic E-state index is 12.0. The van der Waals surface area contributed by atoms with E-state index in [1.807, 2.05) is 48.5 Å². The standard InChI is InChI=1S/C15H12BrCl2OP/c16-10-9-15(20-19,11-1-5-13(17)6-2-11)12-3-7-14(18)8-4-12/h1-8H,9-10H2. The maximum absolute atomic E-state index is 12.0. The molecule has 2 aromatic rings. The topological polar surface area (TPSA) is 17.1 Å². The number of benzene rings is 2. The Hall–Kier alpha value is -0.400. The molecule has 0 radical (unpaired) electrons. The highest BCUT2D eigenvalue weighted by Crippen LogP contribution is 2.45. The Morgan fingerprint density at radius 3 is 1.60 bits per heavy atom. The van der Waals surface area contributed by atoms with Crippen molar-refractivity contribution < 1.29 is 4.57 Å². The largest absolute Gasteiger partial charge is 0.274 e. The molecule has 0 amide bonds. The molecule has 0 spiro atoms. The van der Waals surface area contributed by atoms with Crippen LogP contribution in [0.4, 0.5) is 0 Å². The minimum absolute atomic E-state index is 0.0510. The average molecular weight is 390 g/mol. The highest BCUT2D eigenvalue weighted by atomic mass is 79.9. The molecule has 0 aliphatic rings. The van der Waals surface area contributed by atoms with Crippen LogP contribution in [0.3, 0.4) is 0 Å². The van der Waals surface area contributed by atoms with Gasteiger partial charge in [0, 0.05) is 15.4 Å². The van der Waals surface area contributed by atoms with Crippen LogP contribution in [0.5, 0.6) is 0 Å². The van der Waals surface area contributed by atoms with Crippen LogP contribution in [0.25, 0.3) is 0 Å². The van der Waals surface area contributed by atoms with E-state index in [0.29, 0.717) is 16.5 Å². The van der Waals surface area contributed by atoms with Crippen LogP contribution >= 0.6 is 47.6 Å². The number of rotatable bonds is 5. The molecule has 0 unspecified atom stereocenters. The lowest BCUT2D eigenvalue weighted by atomic mass is 9.88. The van der Waals surface area contributed by atoms with Crippen molar-refractivity contribution in [3.05, 3.63) is 69.7 Å². The van der Waals surface area contributed by atoms with Crippen LogP contribution in [0, 0.1) is 0 Å². The Bertz CT molecular complexity index is 538. The van der Waals surface area contributed by atoms with Crippen molar-refractivity contribution in [3.8, 4) is 0 Å². The van der Waals surface area contributed by atoms with Crippen molar-refractivity contribution in [2.45, 2.75) is 11.6 Å². The minimum Gasteiger partial charge on any atom is -0.274 e. The summed E-state index contributed by atoms with van der Waals surface area (Å²) in [4.78, 5) is 0. The van der Waals surface area contributed by atoms with Gasteiger partial charge in [-0.1, -0.05) is 63.4 Å². The van der Waals surface area contributed by atoms with Gasteiger partial charge in [-0.15, -0.1) is 0 Å². The zero-order valence-electron chi connectivity index (χ0n) is 10.5. The zero-order valence-corrected chi connectivity index (χ0v) is 14.5. The summed E-state index contributed by atoms with van der Waals surface area (Å²) < 4.78 is 12.0. The second-order valence-electron chi connectivity index (χ2n) is 4.40. The highest BCUT2D eigenvalue weighted by molar-refractivity contribution is 9.09. The molecule has 0 aromatic heterocycles. The van der Waals surface area contributed by atoms with Crippen molar-refractivity contribution in [2.24, 2.45) is 0 Å². The fourth-order valence-corrected chi connectivity index (χ4v) is 4.06. The fraction of sp³-hybridized carbons (Fsp3) is 0.200. The van der Waals surface area contributed by atoms with Gasteiger partial charge in [-0.25, -0.2) is 0 Å². The van der Waals surface area contributed by atoms with Crippen LogP contribution in [0.15, 0.2) is 48.5 Å². The third kappa shape index (κ3) is 3.26. The summed E-state index contributed by atoms with van der Waals surface area (Å²) in [7, 11) is 0.0510.